The Kier molecular flexibility index (Phi) is 5.11. The molecule has 4 N–H and O–H groups in total. The number of aromatic nitrogens is 2. The maximum atomic E-state index is 13.4. The van der Waals surface area contributed by atoms with Crippen LogP contribution in [0.15, 0.2) is 47.4 Å². The lowest BCUT2D eigenvalue weighted by molar-refractivity contribution is -0.142. The Labute approximate surface area is 156 Å². The molecule has 0 bridgehead atoms. The van der Waals surface area contributed by atoms with E-state index in [1.54, 1.807) is 13.1 Å². The highest BCUT2D eigenvalue weighted by Crippen LogP contribution is 2.25. The Balaban J connectivity index is 1.77. The van der Waals surface area contributed by atoms with Crippen molar-refractivity contribution in [3.63, 3.8) is 0 Å². The second-order valence-electron chi connectivity index (χ2n) is 6.48. The number of guanidine groups is 1. The van der Waals surface area contributed by atoms with E-state index in [0.717, 1.165) is 22.9 Å². The second kappa shape index (κ2) is 7.23. The van der Waals surface area contributed by atoms with E-state index >= 15 is 0 Å². The van der Waals surface area contributed by atoms with Crippen LogP contribution in [0.2, 0.25) is 0 Å². The first-order valence-corrected chi connectivity index (χ1v) is 8.16. The normalized spacial score (nSPS) is 19.7. The summed E-state index contributed by atoms with van der Waals surface area (Å²) in [5, 5.41) is 9.24. The molecule has 1 unspecified atom stereocenters. The van der Waals surface area contributed by atoms with Gasteiger partial charge in [0.2, 0.25) is 5.96 Å². The molecule has 0 spiro atoms. The van der Waals surface area contributed by atoms with Crippen molar-refractivity contribution >= 4 is 11.6 Å². The predicted molar refractivity (Wildman–Crippen MR) is 93.2 cm³/mol. The summed E-state index contributed by atoms with van der Waals surface area (Å²) in [5.41, 5.74) is 6.21. The van der Waals surface area contributed by atoms with Crippen molar-refractivity contribution in [2.45, 2.75) is 31.7 Å². The first kappa shape index (κ1) is 19.8. The lowest BCUT2D eigenvalue weighted by atomic mass is 9.93. The number of nitrogens with zero attached hydrogens (tertiary/aromatic N) is 3. The third-order valence-electron chi connectivity index (χ3n) is 4.05. The molecule has 0 fully saturated rings. The Morgan fingerprint density at radius 3 is 2.54 bits per heavy atom. The zero-order valence-corrected chi connectivity index (χ0v) is 14.7. The van der Waals surface area contributed by atoms with E-state index < -0.39 is 30.0 Å². The van der Waals surface area contributed by atoms with Gasteiger partial charge in [0.15, 0.2) is 0 Å². The van der Waals surface area contributed by atoms with Gasteiger partial charge in [0.05, 0.1) is 11.9 Å². The molecule has 1 aromatic carbocycles. The summed E-state index contributed by atoms with van der Waals surface area (Å²) in [6.45, 7) is 0.476. The number of rotatable bonds is 4. The van der Waals surface area contributed by atoms with Crippen LogP contribution in [-0.2, 0) is 13.0 Å². The maximum absolute atomic E-state index is 13.4. The van der Waals surface area contributed by atoms with Crippen molar-refractivity contribution in [1.82, 2.24) is 15.1 Å². The van der Waals surface area contributed by atoms with Crippen LogP contribution in [0.1, 0.15) is 12.5 Å². The number of nitrogens with two attached hydrogens (primary N) is 1. The molecule has 1 aliphatic rings. The van der Waals surface area contributed by atoms with Gasteiger partial charge < -0.3 is 16.4 Å². The van der Waals surface area contributed by atoms with Gasteiger partial charge in [-0.3, -0.25) is 4.68 Å². The summed E-state index contributed by atoms with van der Waals surface area (Å²) in [4.78, 5) is 4.33. The minimum atomic E-state index is -4.39. The van der Waals surface area contributed by atoms with E-state index in [4.69, 9.17) is 5.73 Å². The Bertz CT molecular complexity index is 912. The summed E-state index contributed by atoms with van der Waals surface area (Å²) >= 11 is 0. The minimum Gasteiger partial charge on any atom is -0.333 e. The molecule has 0 aliphatic carbocycles. The lowest BCUT2D eigenvalue weighted by Crippen LogP contribution is -2.48. The van der Waals surface area contributed by atoms with Crippen LogP contribution in [0.3, 0.4) is 0 Å². The van der Waals surface area contributed by atoms with Gasteiger partial charge >= 0.3 is 6.18 Å². The van der Waals surface area contributed by atoms with Gasteiger partial charge in [0, 0.05) is 24.9 Å². The van der Waals surface area contributed by atoms with Crippen molar-refractivity contribution in [2.24, 2.45) is 10.7 Å². The van der Waals surface area contributed by atoms with Crippen LogP contribution in [-0.4, -0.2) is 27.6 Å². The number of nitrogens with one attached hydrogen (secondary N) is 2. The molecule has 0 radical (unpaired) electrons. The zero-order chi connectivity index (χ0) is 20.5. The molecule has 28 heavy (non-hydrogen) atoms. The summed E-state index contributed by atoms with van der Waals surface area (Å²) in [6.07, 6.45) is -0.435. The summed E-state index contributed by atoms with van der Waals surface area (Å²) in [6, 6.07) is 3.08. The average molecular weight is 400 g/mol. The number of benzene rings is 1. The van der Waals surface area contributed by atoms with E-state index in [-0.39, 0.29) is 18.1 Å². The molecular weight excluding hydrogens is 383 g/mol. The molecule has 1 aromatic heterocycles. The SMILES string of the molecule is CC1=CNC(Nc2cnn(CC(F)(F)F)c2)=NC1(N)Cc1cc(F)cc(F)c1. The Morgan fingerprint density at radius 2 is 1.89 bits per heavy atom. The molecule has 2 aromatic rings. The third-order valence-corrected chi connectivity index (χ3v) is 4.05. The van der Waals surface area contributed by atoms with E-state index in [1.807, 2.05) is 0 Å². The van der Waals surface area contributed by atoms with E-state index in [2.05, 4.69) is 20.7 Å². The zero-order valence-electron chi connectivity index (χ0n) is 14.7. The minimum absolute atomic E-state index is 0.0181. The number of hydrogen-bond donors (Lipinski definition) is 3. The van der Waals surface area contributed by atoms with Gasteiger partial charge in [-0.15, -0.1) is 0 Å². The van der Waals surface area contributed by atoms with Gasteiger partial charge in [-0.25, -0.2) is 13.8 Å². The molecule has 3 rings (SSSR count). The number of alkyl halides is 3. The highest BCUT2D eigenvalue weighted by atomic mass is 19.4. The number of aliphatic imine (C=N–C) groups is 1. The Hall–Kier alpha value is -2.95. The fourth-order valence-electron chi connectivity index (χ4n) is 2.72. The molecule has 0 saturated carbocycles. The summed E-state index contributed by atoms with van der Waals surface area (Å²) in [7, 11) is 0. The molecular formula is C17H17F5N6. The van der Waals surface area contributed by atoms with Gasteiger partial charge in [-0.05, 0) is 30.2 Å². The summed E-state index contributed by atoms with van der Waals surface area (Å²) < 4.78 is 64.9. The second-order valence-corrected chi connectivity index (χ2v) is 6.48. The number of halogens is 5. The fraction of sp³-hybridized carbons (Fsp3) is 0.294. The van der Waals surface area contributed by atoms with Crippen molar-refractivity contribution in [1.29, 1.82) is 0 Å². The van der Waals surface area contributed by atoms with E-state index in [1.165, 1.54) is 12.4 Å². The Morgan fingerprint density at radius 1 is 1.21 bits per heavy atom. The molecule has 6 nitrogen and oxygen atoms in total. The van der Waals surface area contributed by atoms with Gasteiger partial charge in [0.25, 0.3) is 0 Å². The quantitative estimate of drug-likeness (QED) is 0.690. The number of anilines is 1. The first-order valence-electron chi connectivity index (χ1n) is 8.16. The molecule has 1 atom stereocenters. The van der Waals surface area contributed by atoms with Crippen LogP contribution in [0, 0.1) is 11.6 Å². The van der Waals surface area contributed by atoms with E-state index in [0.29, 0.717) is 11.1 Å². The van der Waals surface area contributed by atoms with Crippen LogP contribution < -0.4 is 16.4 Å². The van der Waals surface area contributed by atoms with Crippen molar-refractivity contribution in [2.75, 3.05) is 5.32 Å². The van der Waals surface area contributed by atoms with Crippen LogP contribution >= 0.6 is 0 Å². The van der Waals surface area contributed by atoms with Gasteiger partial charge in [-0.2, -0.15) is 18.3 Å². The fourth-order valence-corrected chi connectivity index (χ4v) is 2.72. The largest absolute Gasteiger partial charge is 0.408 e. The van der Waals surface area contributed by atoms with Gasteiger partial charge in [0.1, 0.15) is 23.8 Å². The topological polar surface area (TPSA) is 80.3 Å². The van der Waals surface area contributed by atoms with Crippen molar-refractivity contribution in [3.8, 4) is 0 Å². The molecule has 150 valence electrons. The van der Waals surface area contributed by atoms with Crippen LogP contribution in [0.5, 0.6) is 0 Å². The highest BCUT2D eigenvalue weighted by Gasteiger charge is 2.31. The average Bonchev–Trinajstić information content (AvgIpc) is 2.94. The molecule has 0 amide bonds. The van der Waals surface area contributed by atoms with Crippen LogP contribution in [0.25, 0.3) is 0 Å². The first-order chi connectivity index (χ1) is 13.0. The smallest absolute Gasteiger partial charge is 0.333 e. The third kappa shape index (κ3) is 4.85. The molecule has 11 heteroatoms. The monoisotopic (exact) mass is 400 g/mol. The summed E-state index contributed by atoms with van der Waals surface area (Å²) in [5.74, 6) is -1.29. The molecule has 1 aliphatic heterocycles. The van der Waals surface area contributed by atoms with Crippen LogP contribution in [0.4, 0.5) is 27.6 Å². The van der Waals surface area contributed by atoms with Crippen molar-refractivity contribution in [3.05, 3.63) is 59.6 Å². The predicted octanol–water partition coefficient (Wildman–Crippen LogP) is 2.90. The molecule has 2 heterocycles. The van der Waals surface area contributed by atoms with Crippen molar-refractivity contribution < 1.29 is 22.0 Å². The lowest BCUT2D eigenvalue weighted by Gasteiger charge is -2.31. The van der Waals surface area contributed by atoms with Gasteiger partial charge in [-0.1, -0.05) is 0 Å². The standard InChI is InChI=1S/C17H17F5N6/c1-10-6-24-15(26-14-7-25-28(8-14)9-17(20,21)22)27-16(10,23)5-11-2-12(18)4-13(19)3-11/h2-4,6-8H,5,9,23H2,1H3,(H2,24,26,27). The number of hydrogen-bond acceptors (Lipinski definition) is 5. The molecule has 0 saturated heterocycles. The maximum Gasteiger partial charge on any atom is 0.408 e. The highest BCUT2D eigenvalue weighted by molar-refractivity contribution is 5.95. The van der Waals surface area contributed by atoms with E-state index in [9.17, 15) is 22.0 Å².